The van der Waals surface area contributed by atoms with Gasteiger partial charge in [0.25, 0.3) is 0 Å². The number of carbonyl (C=O) groups is 1. The van der Waals surface area contributed by atoms with Crippen LogP contribution in [0.15, 0.2) is 18.2 Å². The van der Waals surface area contributed by atoms with E-state index in [1.54, 1.807) is 6.07 Å². The normalized spacial score (nSPS) is 12.6. The molecule has 88 valence electrons. The predicted octanol–water partition coefficient (Wildman–Crippen LogP) is 3.45. The summed E-state index contributed by atoms with van der Waals surface area (Å²) in [6.45, 7) is 5.69. The monoisotopic (exact) mass is 259 g/mol. The van der Waals surface area contributed by atoms with Gasteiger partial charge in [0.15, 0.2) is 0 Å². The molecule has 16 heavy (non-hydrogen) atoms. The minimum atomic E-state index is -0.694. The number of carbonyl (C=O) groups excluding carboxylic acids is 1. The lowest BCUT2D eigenvalue weighted by atomic mass is 10.1. The third-order valence-electron chi connectivity index (χ3n) is 2.15. The number of aryl methyl sites for hydroxylation is 1. The van der Waals surface area contributed by atoms with Gasteiger partial charge < -0.3 is 5.32 Å². The van der Waals surface area contributed by atoms with Crippen molar-refractivity contribution in [2.75, 3.05) is 0 Å². The first-order chi connectivity index (χ1) is 7.41. The Morgan fingerprint density at radius 2 is 2.00 bits per heavy atom. The molecule has 1 amide bonds. The van der Waals surface area contributed by atoms with Gasteiger partial charge in [0, 0.05) is 11.1 Å². The summed E-state index contributed by atoms with van der Waals surface area (Å²) >= 11 is 12.0. The van der Waals surface area contributed by atoms with Gasteiger partial charge in [0.1, 0.15) is 5.38 Å². The van der Waals surface area contributed by atoms with Gasteiger partial charge in [-0.1, -0.05) is 23.7 Å². The maximum atomic E-state index is 11.7. The molecule has 0 aliphatic rings. The van der Waals surface area contributed by atoms with Crippen LogP contribution in [0.1, 0.15) is 30.4 Å². The Bertz CT molecular complexity index is 391. The number of benzene rings is 1. The summed E-state index contributed by atoms with van der Waals surface area (Å²) in [5, 5.41) is 2.69. The number of alkyl halides is 1. The fourth-order valence-electron chi connectivity index (χ4n) is 1.28. The zero-order valence-electron chi connectivity index (χ0n) is 9.55. The van der Waals surface area contributed by atoms with Gasteiger partial charge in [-0.25, -0.2) is 0 Å². The maximum absolute atomic E-state index is 11.7. The van der Waals surface area contributed by atoms with Crippen molar-refractivity contribution in [2.45, 2.75) is 32.2 Å². The molecule has 0 bridgehead atoms. The van der Waals surface area contributed by atoms with E-state index in [4.69, 9.17) is 23.2 Å². The Morgan fingerprint density at radius 3 is 2.50 bits per heavy atom. The van der Waals surface area contributed by atoms with E-state index >= 15 is 0 Å². The van der Waals surface area contributed by atoms with Gasteiger partial charge in [-0.3, -0.25) is 4.79 Å². The molecule has 4 heteroatoms. The number of nitrogens with one attached hydrogen (secondary N) is 1. The van der Waals surface area contributed by atoms with Crippen LogP contribution in [-0.2, 0) is 4.79 Å². The van der Waals surface area contributed by atoms with E-state index in [2.05, 4.69) is 5.32 Å². The van der Waals surface area contributed by atoms with E-state index < -0.39 is 5.38 Å². The summed E-state index contributed by atoms with van der Waals surface area (Å²) < 4.78 is 0. The quantitative estimate of drug-likeness (QED) is 0.828. The standard InChI is InChI=1S/C12H15Cl2NO/c1-7(2)15-12(16)11(14)9-5-4-8(3)10(13)6-9/h4-7,11H,1-3H3,(H,15,16). The van der Waals surface area contributed by atoms with Crippen molar-refractivity contribution in [1.29, 1.82) is 0 Å². The second-order valence-electron chi connectivity index (χ2n) is 4.03. The molecule has 1 atom stereocenters. The number of amides is 1. The smallest absolute Gasteiger partial charge is 0.242 e. The highest BCUT2D eigenvalue weighted by Crippen LogP contribution is 2.25. The first-order valence-electron chi connectivity index (χ1n) is 5.12. The van der Waals surface area contributed by atoms with Crippen molar-refractivity contribution in [1.82, 2.24) is 5.32 Å². The van der Waals surface area contributed by atoms with E-state index in [1.165, 1.54) is 0 Å². The topological polar surface area (TPSA) is 29.1 Å². The molecule has 0 spiro atoms. The Morgan fingerprint density at radius 1 is 1.38 bits per heavy atom. The third kappa shape index (κ3) is 3.39. The second kappa shape index (κ2) is 5.55. The molecule has 1 aromatic carbocycles. The van der Waals surface area contributed by atoms with Gasteiger partial charge in [0.2, 0.25) is 5.91 Å². The lowest BCUT2D eigenvalue weighted by Crippen LogP contribution is -2.32. The van der Waals surface area contributed by atoms with E-state index in [-0.39, 0.29) is 11.9 Å². The fourth-order valence-corrected chi connectivity index (χ4v) is 1.66. The highest BCUT2D eigenvalue weighted by Gasteiger charge is 2.18. The largest absolute Gasteiger partial charge is 0.352 e. The molecule has 1 unspecified atom stereocenters. The maximum Gasteiger partial charge on any atom is 0.242 e. The minimum absolute atomic E-state index is 0.0784. The zero-order chi connectivity index (χ0) is 12.3. The van der Waals surface area contributed by atoms with E-state index in [1.807, 2.05) is 32.9 Å². The zero-order valence-corrected chi connectivity index (χ0v) is 11.1. The molecule has 0 saturated carbocycles. The van der Waals surface area contributed by atoms with Crippen molar-refractivity contribution in [3.05, 3.63) is 34.3 Å². The van der Waals surface area contributed by atoms with Gasteiger partial charge in [-0.2, -0.15) is 0 Å². The lowest BCUT2D eigenvalue weighted by molar-refractivity contribution is -0.121. The molecule has 0 aliphatic carbocycles. The highest BCUT2D eigenvalue weighted by molar-refractivity contribution is 6.33. The Labute approximate surface area is 106 Å². The van der Waals surface area contributed by atoms with E-state index in [9.17, 15) is 4.79 Å². The first kappa shape index (κ1) is 13.3. The molecule has 1 rings (SSSR count). The highest BCUT2D eigenvalue weighted by atomic mass is 35.5. The molecule has 0 fully saturated rings. The summed E-state index contributed by atoms with van der Waals surface area (Å²) in [5.74, 6) is -0.198. The molecule has 0 aromatic heterocycles. The van der Waals surface area contributed by atoms with E-state index in [0.29, 0.717) is 5.02 Å². The van der Waals surface area contributed by atoms with Gasteiger partial charge in [-0.05, 0) is 38.0 Å². The summed E-state index contributed by atoms with van der Waals surface area (Å²) in [6.07, 6.45) is 0. The third-order valence-corrected chi connectivity index (χ3v) is 3.01. The number of hydrogen-bond acceptors (Lipinski definition) is 1. The van der Waals surface area contributed by atoms with Gasteiger partial charge in [0.05, 0.1) is 0 Å². The Balaban J connectivity index is 2.83. The molecule has 1 N–H and O–H groups in total. The van der Waals surface area contributed by atoms with Gasteiger partial charge in [-0.15, -0.1) is 11.6 Å². The summed E-state index contributed by atoms with van der Waals surface area (Å²) in [5.41, 5.74) is 1.69. The summed E-state index contributed by atoms with van der Waals surface area (Å²) in [4.78, 5) is 11.7. The first-order valence-corrected chi connectivity index (χ1v) is 5.93. The van der Waals surface area contributed by atoms with Crippen molar-refractivity contribution in [3.63, 3.8) is 0 Å². The fraction of sp³-hybridized carbons (Fsp3) is 0.417. The Kier molecular flexibility index (Phi) is 4.63. The van der Waals surface area contributed by atoms with Crippen molar-refractivity contribution < 1.29 is 4.79 Å². The van der Waals surface area contributed by atoms with Crippen LogP contribution in [0.2, 0.25) is 5.02 Å². The number of rotatable bonds is 3. The average Bonchev–Trinajstić information content (AvgIpc) is 2.20. The molecule has 0 radical (unpaired) electrons. The second-order valence-corrected chi connectivity index (χ2v) is 4.88. The van der Waals surface area contributed by atoms with Crippen LogP contribution in [0.25, 0.3) is 0 Å². The van der Waals surface area contributed by atoms with Crippen molar-refractivity contribution >= 4 is 29.1 Å². The average molecular weight is 260 g/mol. The lowest BCUT2D eigenvalue weighted by Gasteiger charge is -2.13. The summed E-state index contributed by atoms with van der Waals surface area (Å²) in [7, 11) is 0. The Hall–Kier alpha value is -0.730. The van der Waals surface area contributed by atoms with Crippen LogP contribution in [0, 0.1) is 6.92 Å². The van der Waals surface area contributed by atoms with Crippen LogP contribution < -0.4 is 5.32 Å². The van der Waals surface area contributed by atoms with E-state index in [0.717, 1.165) is 11.1 Å². The SMILES string of the molecule is Cc1ccc(C(Cl)C(=O)NC(C)C)cc1Cl. The van der Waals surface area contributed by atoms with Crippen LogP contribution in [-0.4, -0.2) is 11.9 Å². The molecule has 0 heterocycles. The molecule has 1 aromatic rings. The predicted molar refractivity (Wildman–Crippen MR) is 68.1 cm³/mol. The number of hydrogen-bond donors (Lipinski definition) is 1. The molecule has 0 saturated heterocycles. The minimum Gasteiger partial charge on any atom is -0.352 e. The number of halogens is 2. The van der Waals surface area contributed by atoms with Crippen molar-refractivity contribution in [2.24, 2.45) is 0 Å². The van der Waals surface area contributed by atoms with Crippen molar-refractivity contribution in [3.8, 4) is 0 Å². The van der Waals surface area contributed by atoms with Crippen LogP contribution in [0.4, 0.5) is 0 Å². The van der Waals surface area contributed by atoms with Crippen LogP contribution in [0.5, 0.6) is 0 Å². The molecular formula is C12H15Cl2NO. The van der Waals surface area contributed by atoms with Crippen LogP contribution >= 0.6 is 23.2 Å². The molecule has 2 nitrogen and oxygen atoms in total. The van der Waals surface area contributed by atoms with Crippen LogP contribution in [0.3, 0.4) is 0 Å². The summed E-state index contributed by atoms with van der Waals surface area (Å²) in [6, 6.07) is 5.48. The molecule has 0 aliphatic heterocycles. The molecular weight excluding hydrogens is 245 g/mol. The van der Waals surface area contributed by atoms with Gasteiger partial charge >= 0.3 is 0 Å².